The van der Waals surface area contributed by atoms with E-state index in [1.165, 1.54) is 37.7 Å². The molecule has 98 valence electrons. The van der Waals surface area contributed by atoms with Crippen LogP contribution in [0.1, 0.15) is 43.6 Å². The minimum atomic E-state index is 0.739. The van der Waals surface area contributed by atoms with E-state index in [-0.39, 0.29) is 0 Å². The predicted molar refractivity (Wildman–Crippen MR) is 75.8 cm³/mol. The van der Waals surface area contributed by atoms with Crippen LogP contribution in [0.2, 0.25) is 0 Å². The van der Waals surface area contributed by atoms with Crippen LogP contribution >= 0.6 is 0 Å². The standard InChI is InChI=1S/C16H24N2/c1-17-13-7-9-14(10-8-13)18-16-11-15(16)12-5-3-2-4-6-12/h2-6,13-18H,7-11H2,1H3. The molecule has 1 aromatic rings. The molecule has 2 N–H and O–H groups in total. The van der Waals surface area contributed by atoms with Crippen LogP contribution in [0.4, 0.5) is 0 Å². The maximum Gasteiger partial charge on any atom is 0.0145 e. The molecule has 2 fully saturated rings. The quantitative estimate of drug-likeness (QED) is 0.851. The summed E-state index contributed by atoms with van der Waals surface area (Å²) in [5, 5.41) is 7.26. The van der Waals surface area contributed by atoms with Crippen LogP contribution in [0.5, 0.6) is 0 Å². The molecule has 1 aromatic carbocycles. The zero-order valence-electron chi connectivity index (χ0n) is 11.2. The topological polar surface area (TPSA) is 24.1 Å². The van der Waals surface area contributed by atoms with Gasteiger partial charge in [0.05, 0.1) is 0 Å². The highest BCUT2D eigenvalue weighted by molar-refractivity contribution is 5.27. The lowest BCUT2D eigenvalue weighted by Gasteiger charge is -2.29. The summed E-state index contributed by atoms with van der Waals surface area (Å²) < 4.78 is 0. The zero-order chi connectivity index (χ0) is 12.4. The fourth-order valence-electron chi connectivity index (χ4n) is 3.30. The molecular weight excluding hydrogens is 220 g/mol. The first-order chi connectivity index (χ1) is 8.86. The molecule has 3 rings (SSSR count). The molecule has 0 radical (unpaired) electrons. The second-order valence-corrected chi connectivity index (χ2v) is 5.86. The third-order valence-corrected chi connectivity index (χ3v) is 4.60. The van der Waals surface area contributed by atoms with Gasteiger partial charge in [-0.25, -0.2) is 0 Å². The summed E-state index contributed by atoms with van der Waals surface area (Å²) in [6, 6.07) is 13.2. The van der Waals surface area contributed by atoms with Gasteiger partial charge < -0.3 is 10.6 Å². The first kappa shape index (κ1) is 12.2. The zero-order valence-corrected chi connectivity index (χ0v) is 11.2. The molecule has 0 amide bonds. The average molecular weight is 244 g/mol. The van der Waals surface area contributed by atoms with Crippen LogP contribution in [0.15, 0.2) is 30.3 Å². The smallest absolute Gasteiger partial charge is 0.0145 e. The van der Waals surface area contributed by atoms with Gasteiger partial charge in [0.15, 0.2) is 0 Å². The van der Waals surface area contributed by atoms with E-state index in [1.807, 2.05) is 0 Å². The molecule has 2 unspecified atom stereocenters. The van der Waals surface area contributed by atoms with E-state index in [9.17, 15) is 0 Å². The normalized spacial score (nSPS) is 35.4. The summed E-state index contributed by atoms with van der Waals surface area (Å²) in [6.45, 7) is 0. The molecule has 0 spiro atoms. The Balaban J connectivity index is 1.46. The van der Waals surface area contributed by atoms with E-state index in [0.717, 1.165) is 24.0 Å². The number of hydrogen-bond acceptors (Lipinski definition) is 2. The molecule has 2 heteroatoms. The molecule has 2 saturated carbocycles. The molecule has 2 atom stereocenters. The molecule has 0 aliphatic heterocycles. The van der Waals surface area contributed by atoms with E-state index in [0.29, 0.717) is 0 Å². The summed E-state index contributed by atoms with van der Waals surface area (Å²) in [6.07, 6.45) is 6.66. The van der Waals surface area contributed by atoms with Crippen LogP contribution < -0.4 is 10.6 Å². The fourth-order valence-corrected chi connectivity index (χ4v) is 3.30. The molecular formula is C16H24N2. The van der Waals surface area contributed by atoms with Gasteiger partial charge in [0, 0.05) is 24.0 Å². The van der Waals surface area contributed by atoms with Gasteiger partial charge in [-0.3, -0.25) is 0 Å². The van der Waals surface area contributed by atoms with E-state index >= 15 is 0 Å². The second-order valence-electron chi connectivity index (χ2n) is 5.86. The van der Waals surface area contributed by atoms with E-state index < -0.39 is 0 Å². The second kappa shape index (κ2) is 5.41. The number of benzene rings is 1. The van der Waals surface area contributed by atoms with Gasteiger partial charge in [-0.2, -0.15) is 0 Å². The third kappa shape index (κ3) is 2.76. The summed E-state index contributed by atoms with van der Waals surface area (Å²) >= 11 is 0. The third-order valence-electron chi connectivity index (χ3n) is 4.60. The van der Waals surface area contributed by atoms with Gasteiger partial charge in [-0.1, -0.05) is 30.3 Å². The highest BCUT2D eigenvalue weighted by atomic mass is 15.0. The van der Waals surface area contributed by atoms with Crippen molar-refractivity contribution in [3.8, 4) is 0 Å². The van der Waals surface area contributed by atoms with Crippen LogP contribution in [0.25, 0.3) is 0 Å². The molecule has 2 aliphatic rings. The van der Waals surface area contributed by atoms with Crippen LogP contribution in [-0.2, 0) is 0 Å². The Morgan fingerprint density at radius 2 is 1.61 bits per heavy atom. The first-order valence-corrected chi connectivity index (χ1v) is 7.35. The van der Waals surface area contributed by atoms with Crippen molar-refractivity contribution < 1.29 is 0 Å². The van der Waals surface area contributed by atoms with Crippen molar-refractivity contribution in [1.29, 1.82) is 0 Å². The largest absolute Gasteiger partial charge is 0.317 e. The van der Waals surface area contributed by atoms with Gasteiger partial charge in [0.1, 0.15) is 0 Å². The fraction of sp³-hybridized carbons (Fsp3) is 0.625. The van der Waals surface area contributed by atoms with E-state index in [4.69, 9.17) is 0 Å². The van der Waals surface area contributed by atoms with Gasteiger partial charge >= 0.3 is 0 Å². The first-order valence-electron chi connectivity index (χ1n) is 7.35. The Hall–Kier alpha value is -0.860. The van der Waals surface area contributed by atoms with Crippen LogP contribution in [0.3, 0.4) is 0 Å². The van der Waals surface area contributed by atoms with Crippen LogP contribution in [0, 0.1) is 0 Å². The van der Waals surface area contributed by atoms with E-state index in [1.54, 1.807) is 0 Å². The maximum atomic E-state index is 3.86. The summed E-state index contributed by atoms with van der Waals surface area (Å²) in [5.74, 6) is 0.772. The summed E-state index contributed by atoms with van der Waals surface area (Å²) in [4.78, 5) is 0. The lowest BCUT2D eigenvalue weighted by molar-refractivity contribution is 0.315. The Labute approximate surface area is 110 Å². The Morgan fingerprint density at radius 3 is 2.28 bits per heavy atom. The average Bonchev–Trinajstić information content (AvgIpc) is 3.20. The SMILES string of the molecule is CNC1CCC(NC2CC2c2ccccc2)CC1. The lowest BCUT2D eigenvalue weighted by atomic mass is 9.91. The number of nitrogens with one attached hydrogen (secondary N) is 2. The van der Waals surface area contributed by atoms with Crippen molar-refractivity contribution >= 4 is 0 Å². The minimum Gasteiger partial charge on any atom is -0.317 e. The summed E-state index contributed by atoms with van der Waals surface area (Å²) in [5.41, 5.74) is 1.51. The van der Waals surface area contributed by atoms with E-state index in [2.05, 4.69) is 48.0 Å². The summed E-state index contributed by atoms with van der Waals surface area (Å²) in [7, 11) is 2.09. The van der Waals surface area contributed by atoms with Crippen LogP contribution in [-0.4, -0.2) is 25.2 Å². The molecule has 0 heterocycles. The van der Waals surface area contributed by atoms with Crippen molar-refractivity contribution in [2.45, 2.75) is 56.1 Å². The van der Waals surface area contributed by atoms with Gasteiger partial charge in [0.2, 0.25) is 0 Å². The minimum absolute atomic E-state index is 0.739. The molecule has 2 aliphatic carbocycles. The molecule has 0 saturated heterocycles. The Bertz CT molecular complexity index is 368. The highest BCUT2D eigenvalue weighted by Crippen LogP contribution is 2.41. The molecule has 0 aromatic heterocycles. The van der Waals surface area contributed by atoms with Gasteiger partial charge in [-0.05, 0) is 44.7 Å². The van der Waals surface area contributed by atoms with Crippen molar-refractivity contribution in [2.24, 2.45) is 0 Å². The maximum absolute atomic E-state index is 3.86. The van der Waals surface area contributed by atoms with Crippen molar-refractivity contribution in [3.05, 3.63) is 35.9 Å². The highest BCUT2D eigenvalue weighted by Gasteiger charge is 2.39. The van der Waals surface area contributed by atoms with Crippen molar-refractivity contribution in [1.82, 2.24) is 10.6 Å². The number of rotatable bonds is 4. The predicted octanol–water partition coefficient (Wildman–Crippen LogP) is 2.66. The molecule has 2 nitrogen and oxygen atoms in total. The monoisotopic (exact) mass is 244 g/mol. The Kier molecular flexibility index (Phi) is 3.67. The van der Waals surface area contributed by atoms with Crippen molar-refractivity contribution in [2.75, 3.05) is 7.05 Å². The molecule has 0 bridgehead atoms. The van der Waals surface area contributed by atoms with Gasteiger partial charge in [0.25, 0.3) is 0 Å². The lowest BCUT2D eigenvalue weighted by Crippen LogP contribution is -2.39. The Morgan fingerprint density at radius 1 is 0.944 bits per heavy atom. The van der Waals surface area contributed by atoms with Gasteiger partial charge in [-0.15, -0.1) is 0 Å². The van der Waals surface area contributed by atoms with Crippen molar-refractivity contribution in [3.63, 3.8) is 0 Å². The molecule has 18 heavy (non-hydrogen) atoms. The number of hydrogen-bond donors (Lipinski definition) is 2.